The van der Waals surface area contributed by atoms with Crippen LogP contribution in [-0.2, 0) is 15.3 Å². The maximum absolute atomic E-state index is 11.7. The first-order valence-corrected chi connectivity index (χ1v) is 8.68. The van der Waals surface area contributed by atoms with E-state index < -0.39 is 4.83 Å². The maximum Gasteiger partial charge on any atom is 0.324 e. The van der Waals surface area contributed by atoms with Crippen LogP contribution in [0.2, 0.25) is 0 Å². The van der Waals surface area contributed by atoms with Crippen molar-refractivity contribution in [2.24, 2.45) is 0 Å². The summed E-state index contributed by atoms with van der Waals surface area (Å²) in [5, 5.41) is 0. The van der Waals surface area contributed by atoms with Crippen LogP contribution in [0.25, 0.3) is 0 Å². The molecule has 0 fully saturated rings. The minimum absolute atomic E-state index is 0.246. The molecule has 2 aromatic carbocycles. The van der Waals surface area contributed by atoms with Crippen molar-refractivity contribution in [3.05, 3.63) is 65.7 Å². The highest BCUT2D eigenvalue weighted by molar-refractivity contribution is 9.09. The third kappa shape index (κ3) is 4.90. The molecule has 0 heterocycles. The molecule has 21 heavy (non-hydrogen) atoms. The van der Waals surface area contributed by atoms with E-state index in [2.05, 4.69) is 40.2 Å². The van der Waals surface area contributed by atoms with E-state index in [9.17, 15) is 4.79 Å². The molecule has 0 bridgehead atoms. The standard InChI is InChI=1S/C17H17BrO2S/c1-2-20-17(19)16(18)14-10-8-13(9-11-14)12-21-15-6-4-3-5-7-15/h3-11,16H,2,12H2,1H3. The van der Waals surface area contributed by atoms with Crippen LogP contribution in [-0.4, -0.2) is 12.6 Å². The predicted octanol–water partition coefficient (Wildman–Crippen LogP) is 4.98. The van der Waals surface area contributed by atoms with E-state index in [-0.39, 0.29) is 5.97 Å². The summed E-state index contributed by atoms with van der Waals surface area (Å²) in [5.74, 6) is 0.667. The number of halogens is 1. The monoisotopic (exact) mass is 364 g/mol. The van der Waals surface area contributed by atoms with Crippen LogP contribution in [0.1, 0.15) is 22.9 Å². The van der Waals surface area contributed by atoms with Gasteiger partial charge in [0.25, 0.3) is 0 Å². The Kier molecular flexibility index (Phi) is 6.33. The van der Waals surface area contributed by atoms with E-state index >= 15 is 0 Å². The number of hydrogen-bond acceptors (Lipinski definition) is 3. The number of carbonyl (C=O) groups is 1. The molecule has 0 N–H and O–H groups in total. The molecule has 2 nitrogen and oxygen atoms in total. The lowest BCUT2D eigenvalue weighted by atomic mass is 10.1. The highest BCUT2D eigenvalue weighted by Crippen LogP contribution is 2.27. The van der Waals surface area contributed by atoms with Crippen LogP contribution >= 0.6 is 27.7 Å². The Morgan fingerprint density at radius 1 is 1.14 bits per heavy atom. The number of rotatable bonds is 6. The Bertz CT molecular complexity index is 569. The van der Waals surface area contributed by atoms with E-state index in [1.807, 2.05) is 37.3 Å². The van der Waals surface area contributed by atoms with Crippen molar-refractivity contribution >= 4 is 33.7 Å². The second-order valence-corrected chi connectivity index (χ2v) is 6.42. The average molecular weight is 365 g/mol. The van der Waals surface area contributed by atoms with Gasteiger partial charge in [0.1, 0.15) is 4.83 Å². The Labute approximate surface area is 138 Å². The zero-order valence-electron chi connectivity index (χ0n) is 11.8. The van der Waals surface area contributed by atoms with Crippen molar-refractivity contribution in [1.82, 2.24) is 0 Å². The van der Waals surface area contributed by atoms with Gasteiger partial charge >= 0.3 is 5.97 Å². The SMILES string of the molecule is CCOC(=O)C(Br)c1ccc(CSc2ccccc2)cc1. The molecule has 0 saturated heterocycles. The fourth-order valence-electron chi connectivity index (χ4n) is 1.82. The van der Waals surface area contributed by atoms with Crippen LogP contribution in [0, 0.1) is 0 Å². The molecule has 0 radical (unpaired) electrons. The molecule has 0 aliphatic carbocycles. The minimum Gasteiger partial charge on any atom is -0.465 e. The van der Waals surface area contributed by atoms with E-state index in [1.165, 1.54) is 10.5 Å². The fourth-order valence-corrected chi connectivity index (χ4v) is 3.13. The van der Waals surface area contributed by atoms with Crippen LogP contribution in [0.3, 0.4) is 0 Å². The second kappa shape index (κ2) is 8.25. The van der Waals surface area contributed by atoms with Crippen LogP contribution in [0.4, 0.5) is 0 Å². The minimum atomic E-state index is -0.395. The predicted molar refractivity (Wildman–Crippen MR) is 90.7 cm³/mol. The van der Waals surface area contributed by atoms with Gasteiger partial charge < -0.3 is 4.74 Å². The molecular formula is C17H17BrO2S. The third-order valence-corrected chi connectivity index (χ3v) is 4.90. The third-order valence-electron chi connectivity index (χ3n) is 2.91. The second-order valence-electron chi connectivity index (χ2n) is 4.46. The molecule has 0 spiro atoms. The molecule has 0 aliphatic heterocycles. The molecule has 0 saturated carbocycles. The van der Waals surface area contributed by atoms with Crippen molar-refractivity contribution in [1.29, 1.82) is 0 Å². The van der Waals surface area contributed by atoms with Gasteiger partial charge in [-0.25, -0.2) is 0 Å². The Hall–Kier alpha value is -1.26. The summed E-state index contributed by atoms with van der Waals surface area (Å²) in [7, 11) is 0. The molecule has 0 amide bonds. The van der Waals surface area contributed by atoms with Crippen LogP contribution in [0.15, 0.2) is 59.5 Å². The molecule has 4 heteroatoms. The van der Waals surface area contributed by atoms with Gasteiger partial charge in [0, 0.05) is 10.6 Å². The first kappa shape index (κ1) is 16.1. The van der Waals surface area contributed by atoms with Crippen molar-refractivity contribution in [3.63, 3.8) is 0 Å². The lowest BCUT2D eigenvalue weighted by Crippen LogP contribution is -2.10. The van der Waals surface area contributed by atoms with Gasteiger partial charge in [-0.2, -0.15) is 0 Å². The smallest absolute Gasteiger partial charge is 0.324 e. The molecule has 0 aromatic heterocycles. The van der Waals surface area contributed by atoms with E-state index in [4.69, 9.17) is 4.74 Å². The number of ether oxygens (including phenoxy) is 1. The van der Waals surface area contributed by atoms with Crippen molar-refractivity contribution < 1.29 is 9.53 Å². The molecule has 110 valence electrons. The molecule has 0 aliphatic rings. The summed E-state index contributed by atoms with van der Waals surface area (Å²) in [4.78, 5) is 12.5. The lowest BCUT2D eigenvalue weighted by molar-refractivity contribution is -0.142. The van der Waals surface area contributed by atoms with Gasteiger partial charge in [-0.1, -0.05) is 58.4 Å². The van der Waals surface area contributed by atoms with Crippen LogP contribution in [0.5, 0.6) is 0 Å². The fraction of sp³-hybridized carbons (Fsp3) is 0.235. The largest absolute Gasteiger partial charge is 0.465 e. The quantitative estimate of drug-likeness (QED) is 0.410. The molecular weight excluding hydrogens is 348 g/mol. The molecule has 1 atom stereocenters. The first-order chi connectivity index (χ1) is 10.2. The maximum atomic E-state index is 11.7. The molecule has 2 rings (SSSR count). The summed E-state index contributed by atoms with van der Waals surface area (Å²) in [6.45, 7) is 2.20. The summed E-state index contributed by atoms with van der Waals surface area (Å²) < 4.78 is 5.00. The Balaban J connectivity index is 1.94. The number of alkyl halides is 1. The molecule has 2 aromatic rings. The van der Waals surface area contributed by atoms with Crippen LogP contribution < -0.4 is 0 Å². The number of carbonyl (C=O) groups excluding carboxylic acids is 1. The highest BCUT2D eigenvalue weighted by Gasteiger charge is 2.17. The van der Waals surface area contributed by atoms with Gasteiger partial charge in [0.05, 0.1) is 6.61 Å². The van der Waals surface area contributed by atoms with Gasteiger partial charge in [0.15, 0.2) is 0 Å². The number of esters is 1. The topological polar surface area (TPSA) is 26.3 Å². The zero-order valence-corrected chi connectivity index (χ0v) is 14.2. The summed E-state index contributed by atoms with van der Waals surface area (Å²) in [6, 6.07) is 18.4. The number of thioether (sulfide) groups is 1. The van der Waals surface area contributed by atoms with Gasteiger partial charge in [-0.05, 0) is 30.2 Å². The lowest BCUT2D eigenvalue weighted by Gasteiger charge is -2.10. The Morgan fingerprint density at radius 2 is 1.81 bits per heavy atom. The normalized spacial score (nSPS) is 11.9. The highest BCUT2D eigenvalue weighted by atomic mass is 79.9. The zero-order chi connectivity index (χ0) is 15.1. The first-order valence-electron chi connectivity index (χ1n) is 6.78. The van der Waals surface area contributed by atoms with Gasteiger partial charge in [-0.15, -0.1) is 11.8 Å². The van der Waals surface area contributed by atoms with E-state index in [0.717, 1.165) is 11.3 Å². The van der Waals surface area contributed by atoms with Crippen molar-refractivity contribution in [3.8, 4) is 0 Å². The van der Waals surface area contributed by atoms with E-state index in [1.54, 1.807) is 11.8 Å². The summed E-state index contributed by atoms with van der Waals surface area (Å²) >= 11 is 5.17. The van der Waals surface area contributed by atoms with E-state index in [0.29, 0.717) is 6.61 Å². The summed E-state index contributed by atoms with van der Waals surface area (Å²) in [6.07, 6.45) is 0. The average Bonchev–Trinajstić information content (AvgIpc) is 2.54. The number of benzene rings is 2. The number of hydrogen-bond donors (Lipinski definition) is 0. The molecule has 1 unspecified atom stereocenters. The Morgan fingerprint density at radius 3 is 2.43 bits per heavy atom. The summed E-state index contributed by atoms with van der Waals surface area (Å²) in [5.41, 5.74) is 2.15. The van der Waals surface area contributed by atoms with Crippen molar-refractivity contribution in [2.75, 3.05) is 6.61 Å². The van der Waals surface area contributed by atoms with Gasteiger partial charge in [-0.3, -0.25) is 4.79 Å². The van der Waals surface area contributed by atoms with Gasteiger partial charge in [0.2, 0.25) is 0 Å². The van der Waals surface area contributed by atoms with Crippen molar-refractivity contribution in [2.45, 2.75) is 22.4 Å².